The third-order valence-electron chi connectivity index (χ3n) is 6.94. The number of nitrogens with zero attached hydrogens (tertiary/aromatic N) is 1. The summed E-state index contributed by atoms with van der Waals surface area (Å²) in [4.78, 5) is 17.5. The van der Waals surface area contributed by atoms with E-state index < -0.39 is 11.7 Å². The molecule has 1 fully saturated rings. The zero-order valence-corrected chi connectivity index (χ0v) is 17.9. The Morgan fingerprint density at radius 1 is 1.19 bits per heavy atom. The lowest BCUT2D eigenvalue weighted by atomic mass is 9.87. The lowest BCUT2D eigenvalue weighted by molar-refractivity contribution is 0.0421. The number of aromatic amines is 1. The first kappa shape index (κ1) is 20.9. The number of primary amides is 1. The number of nitrogens with one attached hydrogen (secondary N) is 1. The summed E-state index contributed by atoms with van der Waals surface area (Å²) in [6, 6.07) is 8.09. The van der Waals surface area contributed by atoms with Crippen LogP contribution in [-0.2, 0) is 12.8 Å². The van der Waals surface area contributed by atoms with E-state index in [0.29, 0.717) is 30.2 Å². The molecule has 1 amide bonds. The standard InChI is InChI=1S/C25H27F2N3O2/c26-16-6-7-19-15(13-29-23(19)11-16)3-2-10-30(17-4-1-5-17)18-12-21-20(25(28)31)8-9-22(27)24(21)32-14-18/h6-9,11,13,17-18,29H,1-5,10,12,14H2,(H2,28,31). The van der Waals surface area contributed by atoms with E-state index in [-0.39, 0.29) is 17.6 Å². The van der Waals surface area contributed by atoms with Gasteiger partial charge < -0.3 is 15.5 Å². The normalized spacial score (nSPS) is 18.4. The van der Waals surface area contributed by atoms with Gasteiger partial charge in [0.25, 0.3) is 0 Å². The highest BCUT2D eigenvalue weighted by Gasteiger charge is 2.35. The van der Waals surface area contributed by atoms with E-state index in [1.54, 1.807) is 0 Å². The number of benzene rings is 2. The molecule has 2 aliphatic rings. The Morgan fingerprint density at radius 3 is 2.78 bits per heavy atom. The van der Waals surface area contributed by atoms with Gasteiger partial charge in [-0.1, -0.05) is 6.42 Å². The maximum atomic E-state index is 14.3. The Morgan fingerprint density at radius 2 is 2.03 bits per heavy atom. The maximum absolute atomic E-state index is 14.3. The van der Waals surface area contributed by atoms with Crippen molar-refractivity contribution in [3.63, 3.8) is 0 Å². The van der Waals surface area contributed by atoms with Crippen molar-refractivity contribution >= 4 is 16.8 Å². The van der Waals surface area contributed by atoms with Gasteiger partial charge in [0.1, 0.15) is 12.4 Å². The molecular weight excluding hydrogens is 412 g/mol. The molecule has 1 aliphatic carbocycles. The first-order valence-electron chi connectivity index (χ1n) is 11.3. The fraction of sp³-hybridized carbons (Fsp3) is 0.400. The van der Waals surface area contributed by atoms with Crippen molar-refractivity contribution in [2.45, 2.75) is 50.6 Å². The van der Waals surface area contributed by atoms with E-state index in [1.165, 1.54) is 36.2 Å². The lowest BCUT2D eigenvalue weighted by Gasteiger charge is -2.44. The number of carbonyl (C=O) groups excluding carboxylic acids is 1. The number of ether oxygens (including phenoxy) is 1. The number of aryl methyl sites for hydroxylation is 1. The van der Waals surface area contributed by atoms with Gasteiger partial charge in [0.15, 0.2) is 11.6 Å². The molecular formula is C25H27F2N3O2. The summed E-state index contributed by atoms with van der Waals surface area (Å²) in [5, 5.41) is 1.05. The number of nitrogens with two attached hydrogens (primary N) is 1. The molecule has 0 spiro atoms. The number of aromatic nitrogens is 1. The highest BCUT2D eigenvalue weighted by molar-refractivity contribution is 5.95. The van der Waals surface area contributed by atoms with Gasteiger partial charge >= 0.3 is 0 Å². The van der Waals surface area contributed by atoms with Gasteiger partial charge in [0, 0.05) is 40.3 Å². The minimum atomic E-state index is -0.559. The number of rotatable bonds is 7. The number of halogens is 2. The van der Waals surface area contributed by atoms with Gasteiger partial charge in [-0.15, -0.1) is 0 Å². The van der Waals surface area contributed by atoms with Crippen LogP contribution in [0.1, 0.15) is 47.2 Å². The first-order valence-corrected chi connectivity index (χ1v) is 11.3. The molecule has 0 bridgehead atoms. The minimum absolute atomic E-state index is 0.0739. The second-order valence-electron chi connectivity index (χ2n) is 8.87. The number of hydrogen-bond donors (Lipinski definition) is 2. The molecule has 0 saturated heterocycles. The van der Waals surface area contributed by atoms with Crippen molar-refractivity contribution in [3.8, 4) is 5.75 Å². The summed E-state index contributed by atoms with van der Waals surface area (Å²) in [6.45, 7) is 1.28. The van der Waals surface area contributed by atoms with Crippen molar-refractivity contribution in [2.24, 2.45) is 5.73 Å². The molecule has 2 heterocycles. The number of carbonyl (C=O) groups is 1. The lowest BCUT2D eigenvalue weighted by Crippen LogP contribution is -2.51. The predicted molar refractivity (Wildman–Crippen MR) is 119 cm³/mol. The average Bonchev–Trinajstić information content (AvgIpc) is 3.13. The molecule has 3 N–H and O–H groups in total. The van der Waals surface area contributed by atoms with E-state index in [4.69, 9.17) is 10.5 Å². The van der Waals surface area contributed by atoms with Crippen molar-refractivity contribution in [3.05, 3.63) is 64.9 Å². The highest BCUT2D eigenvalue weighted by Crippen LogP contribution is 2.35. The minimum Gasteiger partial charge on any atom is -0.489 e. The largest absolute Gasteiger partial charge is 0.489 e. The van der Waals surface area contributed by atoms with E-state index >= 15 is 0 Å². The summed E-state index contributed by atoms with van der Waals surface area (Å²) in [5.41, 5.74) is 8.45. The highest BCUT2D eigenvalue weighted by atomic mass is 19.1. The van der Waals surface area contributed by atoms with Crippen LogP contribution in [0.3, 0.4) is 0 Å². The molecule has 168 valence electrons. The fourth-order valence-corrected chi connectivity index (χ4v) is 5.07. The molecule has 7 heteroatoms. The van der Waals surface area contributed by atoms with Gasteiger partial charge in [0.05, 0.1) is 0 Å². The summed E-state index contributed by atoms with van der Waals surface area (Å²) < 4.78 is 33.5. The summed E-state index contributed by atoms with van der Waals surface area (Å²) >= 11 is 0. The SMILES string of the molecule is NC(=O)c1ccc(F)c2c1CC(N(CCCc1c[nH]c3cc(F)ccc13)C1CCC1)CO2. The van der Waals surface area contributed by atoms with Crippen molar-refractivity contribution < 1.29 is 18.3 Å². The van der Waals surface area contributed by atoms with Crippen molar-refractivity contribution in [1.82, 2.24) is 9.88 Å². The molecule has 2 aromatic carbocycles. The number of amides is 1. The number of fused-ring (bicyclic) bond motifs is 2. The van der Waals surface area contributed by atoms with Crippen LogP contribution < -0.4 is 10.5 Å². The molecule has 32 heavy (non-hydrogen) atoms. The van der Waals surface area contributed by atoms with Crippen LogP contribution in [0.15, 0.2) is 36.5 Å². The number of hydrogen-bond acceptors (Lipinski definition) is 3. The second-order valence-corrected chi connectivity index (χ2v) is 8.87. The first-order chi connectivity index (χ1) is 15.5. The van der Waals surface area contributed by atoms with Crippen LogP contribution >= 0.6 is 0 Å². The van der Waals surface area contributed by atoms with E-state index in [2.05, 4.69) is 9.88 Å². The Hall–Kier alpha value is -2.93. The molecule has 1 atom stereocenters. The smallest absolute Gasteiger partial charge is 0.249 e. The van der Waals surface area contributed by atoms with E-state index in [0.717, 1.165) is 43.1 Å². The zero-order valence-electron chi connectivity index (χ0n) is 17.9. The van der Waals surface area contributed by atoms with Gasteiger partial charge in [0.2, 0.25) is 5.91 Å². The van der Waals surface area contributed by atoms with Gasteiger partial charge in [-0.25, -0.2) is 8.78 Å². The predicted octanol–water partition coefficient (Wildman–Crippen LogP) is 4.34. The molecule has 5 nitrogen and oxygen atoms in total. The topological polar surface area (TPSA) is 71.4 Å². The summed E-state index contributed by atoms with van der Waals surface area (Å²) in [7, 11) is 0. The fourth-order valence-electron chi connectivity index (χ4n) is 5.07. The average molecular weight is 440 g/mol. The molecule has 1 aromatic heterocycles. The Labute approximate surface area is 185 Å². The van der Waals surface area contributed by atoms with Crippen molar-refractivity contribution in [2.75, 3.05) is 13.2 Å². The van der Waals surface area contributed by atoms with Crippen molar-refractivity contribution in [1.29, 1.82) is 0 Å². The third kappa shape index (κ3) is 3.86. The Bertz CT molecular complexity index is 1160. The van der Waals surface area contributed by atoms with Crippen LogP contribution in [-0.4, -0.2) is 41.0 Å². The van der Waals surface area contributed by atoms with Gasteiger partial charge in [-0.05, 0) is 74.5 Å². The van der Waals surface area contributed by atoms with Gasteiger partial charge in [-0.3, -0.25) is 9.69 Å². The van der Waals surface area contributed by atoms with Crippen LogP contribution in [0.4, 0.5) is 8.78 Å². The zero-order chi connectivity index (χ0) is 22.2. The molecule has 3 aromatic rings. The summed E-state index contributed by atoms with van der Waals surface area (Å²) in [5.74, 6) is -1.09. The Balaban J connectivity index is 1.31. The quantitative estimate of drug-likeness (QED) is 0.576. The molecule has 1 saturated carbocycles. The van der Waals surface area contributed by atoms with Crippen LogP contribution in [0.25, 0.3) is 10.9 Å². The third-order valence-corrected chi connectivity index (χ3v) is 6.94. The maximum Gasteiger partial charge on any atom is 0.249 e. The molecule has 1 unspecified atom stereocenters. The van der Waals surface area contributed by atoms with Crippen LogP contribution in [0.5, 0.6) is 5.75 Å². The van der Waals surface area contributed by atoms with E-state index in [9.17, 15) is 13.6 Å². The molecule has 1 aliphatic heterocycles. The Kier molecular flexibility index (Phi) is 5.59. The molecule has 5 rings (SSSR count). The number of H-pyrrole nitrogens is 1. The van der Waals surface area contributed by atoms with Crippen LogP contribution in [0.2, 0.25) is 0 Å². The van der Waals surface area contributed by atoms with Gasteiger partial charge in [-0.2, -0.15) is 0 Å². The van der Waals surface area contributed by atoms with Crippen LogP contribution in [0, 0.1) is 11.6 Å². The second kappa shape index (κ2) is 8.54. The monoisotopic (exact) mass is 439 g/mol. The molecule has 0 radical (unpaired) electrons. The van der Waals surface area contributed by atoms with E-state index in [1.807, 2.05) is 12.3 Å². The summed E-state index contributed by atoms with van der Waals surface area (Å²) in [6.07, 6.45) is 7.81.